The SMILES string of the molecule is Cc1nn(C)cc1CNC(=O)Nc1cccnc1N1CCCC1. The summed E-state index contributed by atoms with van der Waals surface area (Å²) in [7, 11) is 1.87. The van der Waals surface area contributed by atoms with Crippen LogP contribution in [0.15, 0.2) is 24.5 Å². The summed E-state index contributed by atoms with van der Waals surface area (Å²) in [6.45, 7) is 4.36. The minimum atomic E-state index is -0.235. The first-order chi connectivity index (χ1) is 11.1. The number of rotatable bonds is 4. The smallest absolute Gasteiger partial charge is 0.319 e. The summed E-state index contributed by atoms with van der Waals surface area (Å²) in [4.78, 5) is 18.8. The van der Waals surface area contributed by atoms with Gasteiger partial charge in [0.1, 0.15) is 0 Å². The largest absolute Gasteiger partial charge is 0.355 e. The second-order valence-corrected chi connectivity index (χ2v) is 5.79. The topological polar surface area (TPSA) is 75.1 Å². The Morgan fingerprint density at radius 2 is 2.13 bits per heavy atom. The molecule has 1 saturated heterocycles. The Balaban J connectivity index is 1.62. The zero-order chi connectivity index (χ0) is 16.2. The molecule has 122 valence electrons. The molecule has 3 rings (SSSR count). The molecule has 0 radical (unpaired) electrons. The van der Waals surface area contributed by atoms with Gasteiger partial charge in [-0.1, -0.05) is 0 Å². The Bertz CT molecular complexity index is 690. The van der Waals surface area contributed by atoms with Crippen LogP contribution < -0.4 is 15.5 Å². The first-order valence-corrected chi connectivity index (χ1v) is 7.87. The lowest BCUT2D eigenvalue weighted by atomic mass is 10.3. The van der Waals surface area contributed by atoms with Crippen LogP contribution in [0.2, 0.25) is 0 Å². The van der Waals surface area contributed by atoms with Gasteiger partial charge in [-0.15, -0.1) is 0 Å². The van der Waals surface area contributed by atoms with E-state index in [-0.39, 0.29) is 6.03 Å². The number of amides is 2. The number of nitrogens with one attached hydrogen (secondary N) is 2. The Kier molecular flexibility index (Phi) is 4.45. The van der Waals surface area contributed by atoms with E-state index >= 15 is 0 Å². The number of carbonyl (C=O) groups excluding carboxylic acids is 1. The monoisotopic (exact) mass is 314 g/mol. The molecule has 1 aliphatic heterocycles. The number of nitrogens with zero attached hydrogens (tertiary/aromatic N) is 4. The molecule has 2 N–H and O–H groups in total. The van der Waals surface area contributed by atoms with Crippen LogP contribution in [0.4, 0.5) is 16.3 Å². The zero-order valence-corrected chi connectivity index (χ0v) is 13.5. The van der Waals surface area contributed by atoms with Gasteiger partial charge in [0.25, 0.3) is 0 Å². The highest BCUT2D eigenvalue weighted by Crippen LogP contribution is 2.25. The van der Waals surface area contributed by atoms with Gasteiger partial charge in [0.2, 0.25) is 0 Å². The highest BCUT2D eigenvalue weighted by atomic mass is 16.2. The molecule has 0 unspecified atom stereocenters. The van der Waals surface area contributed by atoms with Gasteiger partial charge in [0.15, 0.2) is 5.82 Å². The first-order valence-electron chi connectivity index (χ1n) is 7.87. The van der Waals surface area contributed by atoms with Crippen molar-refractivity contribution in [1.29, 1.82) is 0 Å². The van der Waals surface area contributed by atoms with Crippen molar-refractivity contribution in [3.8, 4) is 0 Å². The number of anilines is 2. The van der Waals surface area contributed by atoms with Crippen molar-refractivity contribution in [2.45, 2.75) is 26.3 Å². The van der Waals surface area contributed by atoms with Gasteiger partial charge in [-0.3, -0.25) is 4.68 Å². The van der Waals surface area contributed by atoms with E-state index in [0.29, 0.717) is 6.54 Å². The number of urea groups is 1. The van der Waals surface area contributed by atoms with Gasteiger partial charge >= 0.3 is 6.03 Å². The Labute approximate surface area is 135 Å². The van der Waals surface area contributed by atoms with Gasteiger partial charge in [0.05, 0.1) is 11.4 Å². The molecular formula is C16H22N6O. The molecule has 0 spiro atoms. The lowest BCUT2D eigenvalue weighted by Crippen LogP contribution is -2.30. The highest BCUT2D eigenvalue weighted by molar-refractivity contribution is 5.92. The maximum atomic E-state index is 12.2. The maximum Gasteiger partial charge on any atom is 0.319 e. The Hall–Kier alpha value is -2.57. The molecule has 0 aromatic carbocycles. The number of aromatic nitrogens is 3. The molecule has 7 nitrogen and oxygen atoms in total. The standard InChI is InChI=1S/C16H22N6O/c1-12-13(11-21(2)20-12)10-18-16(23)19-14-6-5-7-17-15(14)22-8-3-4-9-22/h5-7,11H,3-4,8-10H2,1-2H3,(H2,18,19,23). The normalized spacial score (nSPS) is 14.1. The first kappa shape index (κ1) is 15.3. The summed E-state index contributed by atoms with van der Waals surface area (Å²) in [5.41, 5.74) is 2.68. The van der Waals surface area contributed by atoms with Gasteiger partial charge in [0, 0.05) is 44.6 Å². The molecule has 1 fully saturated rings. The van der Waals surface area contributed by atoms with Gasteiger partial charge in [-0.2, -0.15) is 5.10 Å². The Morgan fingerprint density at radius 3 is 2.83 bits per heavy atom. The summed E-state index contributed by atoms with van der Waals surface area (Å²) in [5, 5.41) is 10.0. The van der Waals surface area contributed by atoms with Gasteiger partial charge in [-0.05, 0) is 31.9 Å². The van der Waals surface area contributed by atoms with Crippen molar-refractivity contribution in [3.05, 3.63) is 35.8 Å². The van der Waals surface area contributed by atoms with Crippen LogP contribution in [0.1, 0.15) is 24.1 Å². The van der Waals surface area contributed by atoms with E-state index in [0.717, 1.165) is 35.9 Å². The summed E-state index contributed by atoms with van der Waals surface area (Å²) in [6, 6.07) is 3.48. The molecule has 3 heterocycles. The lowest BCUT2D eigenvalue weighted by molar-refractivity contribution is 0.251. The third-order valence-electron chi connectivity index (χ3n) is 4.00. The summed E-state index contributed by atoms with van der Waals surface area (Å²) in [5.74, 6) is 0.845. The van der Waals surface area contributed by atoms with E-state index < -0.39 is 0 Å². The molecule has 0 atom stereocenters. The fourth-order valence-electron chi connectivity index (χ4n) is 2.84. The lowest BCUT2D eigenvalue weighted by Gasteiger charge is -2.20. The van der Waals surface area contributed by atoms with Crippen molar-refractivity contribution in [2.24, 2.45) is 7.05 Å². The minimum Gasteiger partial charge on any atom is -0.355 e. The molecule has 2 aromatic heterocycles. The van der Waals surface area contributed by atoms with Crippen LogP contribution in [0.25, 0.3) is 0 Å². The third-order valence-corrected chi connectivity index (χ3v) is 4.00. The van der Waals surface area contributed by atoms with E-state index in [2.05, 4.69) is 25.6 Å². The molecule has 2 amide bonds. The average molecular weight is 314 g/mol. The number of hydrogen-bond donors (Lipinski definition) is 2. The van der Waals surface area contributed by atoms with E-state index in [4.69, 9.17) is 0 Å². The van der Waals surface area contributed by atoms with Gasteiger partial charge in [-0.25, -0.2) is 9.78 Å². The number of hydrogen-bond acceptors (Lipinski definition) is 4. The summed E-state index contributed by atoms with van der Waals surface area (Å²) < 4.78 is 1.75. The van der Waals surface area contributed by atoms with E-state index in [1.165, 1.54) is 12.8 Å². The molecule has 7 heteroatoms. The second-order valence-electron chi connectivity index (χ2n) is 5.79. The van der Waals surface area contributed by atoms with Crippen LogP contribution in [0, 0.1) is 6.92 Å². The van der Waals surface area contributed by atoms with Crippen LogP contribution in [-0.2, 0) is 13.6 Å². The van der Waals surface area contributed by atoms with Gasteiger partial charge < -0.3 is 15.5 Å². The van der Waals surface area contributed by atoms with E-state index in [1.54, 1.807) is 10.9 Å². The van der Waals surface area contributed by atoms with Crippen molar-refractivity contribution in [2.75, 3.05) is 23.3 Å². The zero-order valence-electron chi connectivity index (χ0n) is 13.5. The average Bonchev–Trinajstić information content (AvgIpc) is 3.15. The maximum absolute atomic E-state index is 12.2. The fourth-order valence-corrected chi connectivity index (χ4v) is 2.84. The third kappa shape index (κ3) is 3.61. The van der Waals surface area contributed by atoms with Crippen LogP contribution in [-0.4, -0.2) is 33.9 Å². The van der Waals surface area contributed by atoms with Crippen LogP contribution in [0.5, 0.6) is 0 Å². The number of carbonyl (C=O) groups is 1. The van der Waals surface area contributed by atoms with Crippen molar-refractivity contribution >= 4 is 17.5 Å². The number of pyridine rings is 1. The highest BCUT2D eigenvalue weighted by Gasteiger charge is 2.17. The minimum absolute atomic E-state index is 0.235. The summed E-state index contributed by atoms with van der Waals surface area (Å²) >= 11 is 0. The molecule has 0 aliphatic carbocycles. The molecule has 23 heavy (non-hydrogen) atoms. The molecular weight excluding hydrogens is 292 g/mol. The predicted molar refractivity (Wildman–Crippen MR) is 89.5 cm³/mol. The molecule has 1 aliphatic rings. The summed E-state index contributed by atoms with van der Waals surface area (Å²) in [6.07, 6.45) is 6.01. The van der Waals surface area contributed by atoms with E-state index in [1.807, 2.05) is 32.3 Å². The molecule has 2 aromatic rings. The van der Waals surface area contributed by atoms with Crippen LogP contribution >= 0.6 is 0 Å². The fraction of sp³-hybridized carbons (Fsp3) is 0.438. The predicted octanol–water partition coefficient (Wildman–Crippen LogP) is 2.05. The Morgan fingerprint density at radius 1 is 1.35 bits per heavy atom. The molecule has 0 bridgehead atoms. The molecule has 0 saturated carbocycles. The van der Waals surface area contributed by atoms with Crippen LogP contribution in [0.3, 0.4) is 0 Å². The van der Waals surface area contributed by atoms with Crippen molar-refractivity contribution in [1.82, 2.24) is 20.1 Å². The number of aryl methyl sites for hydroxylation is 2. The van der Waals surface area contributed by atoms with E-state index in [9.17, 15) is 4.79 Å². The second kappa shape index (κ2) is 6.68. The van der Waals surface area contributed by atoms with Crippen molar-refractivity contribution < 1.29 is 4.79 Å². The quantitative estimate of drug-likeness (QED) is 0.905. The van der Waals surface area contributed by atoms with Crippen molar-refractivity contribution in [3.63, 3.8) is 0 Å².